The summed E-state index contributed by atoms with van der Waals surface area (Å²) in [5.74, 6) is 1.27. The van der Waals surface area contributed by atoms with E-state index < -0.39 is 0 Å². The fourth-order valence-corrected chi connectivity index (χ4v) is 3.29. The zero-order chi connectivity index (χ0) is 17.9. The summed E-state index contributed by atoms with van der Waals surface area (Å²) >= 11 is 0. The second-order valence-corrected chi connectivity index (χ2v) is 6.43. The summed E-state index contributed by atoms with van der Waals surface area (Å²) in [5.41, 5.74) is 0.522. The molecule has 6 heteroatoms. The van der Waals surface area contributed by atoms with E-state index in [2.05, 4.69) is 15.0 Å². The molecule has 0 unspecified atom stereocenters. The van der Waals surface area contributed by atoms with Crippen LogP contribution in [0.25, 0.3) is 10.8 Å². The van der Waals surface area contributed by atoms with Crippen LogP contribution in [0.2, 0.25) is 0 Å². The zero-order valence-electron chi connectivity index (χ0n) is 14.6. The molecule has 0 spiro atoms. The molecule has 1 aliphatic heterocycles. The maximum Gasteiger partial charge on any atom is 0.273 e. The molecule has 6 nitrogen and oxygen atoms in total. The van der Waals surface area contributed by atoms with Crippen LogP contribution in [-0.4, -0.2) is 45.0 Å². The number of benzene rings is 1. The van der Waals surface area contributed by atoms with Crippen LogP contribution in [0, 0.1) is 6.92 Å². The quantitative estimate of drug-likeness (QED) is 0.728. The van der Waals surface area contributed by atoms with E-state index in [-0.39, 0.29) is 12.0 Å². The molecule has 4 rings (SSSR count). The molecule has 1 aliphatic rings. The molecular weight excluding hydrogens is 328 g/mol. The number of rotatable bonds is 3. The number of nitrogens with zero attached hydrogens (tertiary/aromatic N) is 4. The van der Waals surface area contributed by atoms with Gasteiger partial charge in [0.2, 0.25) is 5.88 Å². The topological polar surface area (TPSA) is 68.2 Å². The van der Waals surface area contributed by atoms with Gasteiger partial charge in [0.1, 0.15) is 17.6 Å². The number of amides is 1. The molecule has 0 saturated carbocycles. The smallest absolute Gasteiger partial charge is 0.273 e. The highest BCUT2D eigenvalue weighted by atomic mass is 16.5. The van der Waals surface area contributed by atoms with Gasteiger partial charge in [0.05, 0.1) is 0 Å². The van der Waals surface area contributed by atoms with Crippen molar-refractivity contribution in [3.05, 3.63) is 60.3 Å². The van der Waals surface area contributed by atoms with Crippen molar-refractivity contribution in [2.24, 2.45) is 0 Å². The first kappa shape index (κ1) is 16.4. The highest BCUT2D eigenvalue weighted by Gasteiger charge is 2.26. The van der Waals surface area contributed by atoms with Gasteiger partial charge in [-0.3, -0.25) is 9.78 Å². The summed E-state index contributed by atoms with van der Waals surface area (Å²) in [6.45, 7) is 3.14. The first-order valence-electron chi connectivity index (χ1n) is 8.80. The van der Waals surface area contributed by atoms with Crippen LogP contribution in [0.15, 0.2) is 48.8 Å². The Morgan fingerprint density at radius 3 is 2.65 bits per heavy atom. The Kier molecular flexibility index (Phi) is 4.48. The molecule has 3 aromatic rings. The summed E-state index contributed by atoms with van der Waals surface area (Å²) in [5, 5.41) is 1.93. The third kappa shape index (κ3) is 3.35. The first-order chi connectivity index (χ1) is 12.7. The molecule has 132 valence electrons. The van der Waals surface area contributed by atoms with Gasteiger partial charge in [-0.2, -0.15) is 4.98 Å². The van der Waals surface area contributed by atoms with Crippen molar-refractivity contribution in [3.8, 4) is 5.88 Å². The van der Waals surface area contributed by atoms with Gasteiger partial charge < -0.3 is 9.64 Å². The van der Waals surface area contributed by atoms with Crippen LogP contribution in [0.1, 0.15) is 29.2 Å². The summed E-state index contributed by atoms with van der Waals surface area (Å²) in [6.07, 6.45) is 5.01. The monoisotopic (exact) mass is 348 g/mol. The molecule has 0 radical (unpaired) electrons. The predicted molar refractivity (Wildman–Crippen MR) is 98.1 cm³/mol. The Bertz CT molecular complexity index is 931. The van der Waals surface area contributed by atoms with E-state index in [1.54, 1.807) is 18.5 Å². The largest absolute Gasteiger partial charge is 0.474 e. The van der Waals surface area contributed by atoms with Crippen molar-refractivity contribution in [1.29, 1.82) is 0 Å². The lowest BCUT2D eigenvalue weighted by Gasteiger charge is -2.31. The molecule has 0 N–H and O–H groups in total. The van der Waals surface area contributed by atoms with Crippen molar-refractivity contribution >= 4 is 16.7 Å². The minimum atomic E-state index is -0.0156. The Morgan fingerprint density at radius 2 is 1.85 bits per heavy atom. The van der Waals surface area contributed by atoms with E-state index in [9.17, 15) is 4.79 Å². The fraction of sp³-hybridized carbons (Fsp3) is 0.300. The number of likely N-dealkylation sites (tertiary alicyclic amines) is 1. The maximum absolute atomic E-state index is 12.9. The van der Waals surface area contributed by atoms with Gasteiger partial charge in [-0.05, 0) is 18.4 Å². The molecule has 1 aromatic carbocycles. The van der Waals surface area contributed by atoms with Crippen LogP contribution >= 0.6 is 0 Å². The number of hydrogen-bond donors (Lipinski definition) is 0. The van der Waals surface area contributed by atoms with Crippen molar-refractivity contribution < 1.29 is 9.53 Å². The molecule has 1 amide bonds. The third-order valence-electron chi connectivity index (χ3n) is 4.64. The number of fused-ring (bicyclic) bond motifs is 1. The fourth-order valence-electron chi connectivity index (χ4n) is 3.29. The second-order valence-electron chi connectivity index (χ2n) is 6.43. The summed E-state index contributed by atoms with van der Waals surface area (Å²) < 4.78 is 5.94. The lowest BCUT2D eigenvalue weighted by molar-refractivity contribution is 0.0584. The van der Waals surface area contributed by atoms with Gasteiger partial charge in [-0.25, -0.2) is 4.98 Å². The predicted octanol–water partition coefficient (Wildman–Crippen LogP) is 3.02. The van der Waals surface area contributed by atoms with Crippen molar-refractivity contribution in [1.82, 2.24) is 19.9 Å². The van der Waals surface area contributed by atoms with Crippen LogP contribution in [0.5, 0.6) is 5.88 Å². The summed E-state index contributed by atoms with van der Waals surface area (Å²) in [4.78, 5) is 27.5. The van der Waals surface area contributed by atoms with E-state index in [1.165, 1.54) is 0 Å². The Balaban J connectivity index is 1.43. The number of aromatic nitrogens is 3. The lowest BCUT2D eigenvalue weighted by atomic mass is 10.1. The zero-order valence-corrected chi connectivity index (χ0v) is 14.6. The molecular formula is C20H20N4O2. The van der Waals surface area contributed by atoms with Gasteiger partial charge >= 0.3 is 0 Å². The highest BCUT2D eigenvalue weighted by molar-refractivity contribution is 6.05. The van der Waals surface area contributed by atoms with E-state index in [0.29, 0.717) is 30.5 Å². The van der Waals surface area contributed by atoms with Crippen molar-refractivity contribution in [2.45, 2.75) is 25.9 Å². The minimum absolute atomic E-state index is 0.0156. The molecule has 0 atom stereocenters. The Morgan fingerprint density at radius 1 is 1.08 bits per heavy atom. The van der Waals surface area contributed by atoms with Crippen LogP contribution in [0.4, 0.5) is 0 Å². The SMILES string of the molecule is Cc1nccc(OC2CCN(C(=O)c3nccc4ccccc34)CC2)n1. The molecule has 0 bridgehead atoms. The van der Waals surface area contributed by atoms with E-state index in [1.807, 2.05) is 42.2 Å². The average Bonchev–Trinajstić information content (AvgIpc) is 2.68. The van der Waals surface area contributed by atoms with Crippen molar-refractivity contribution in [3.63, 3.8) is 0 Å². The summed E-state index contributed by atoms with van der Waals surface area (Å²) in [7, 11) is 0. The van der Waals surface area contributed by atoms with E-state index >= 15 is 0 Å². The Hall–Kier alpha value is -3.02. The molecule has 2 aromatic heterocycles. The van der Waals surface area contributed by atoms with Crippen LogP contribution < -0.4 is 4.74 Å². The molecule has 3 heterocycles. The van der Waals surface area contributed by atoms with Crippen LogP contribution in [-0.2, 0) is 0 Å². The molecule has 26 heavy (non-hydrogen) atoms. The van der Waals surface area contributed by atoms with Gasteiger partial charge in [0, 0.05) is 49.8 Å². The van der Waals surface area contributed by atoms with E-state index in [0.717, 1.165) is 23.6 Å². The minimum Gasteiger partial charge on any atom is -0.474 e. The number of hydrogen-bond acceptors (Lipinski definition) is 5. The number of ether oxygens (including phenoxy) is 1. The Labute approximate surface area is 151 Å². The number of pyridine rings is 1. The van der Waals surface area contributed by atoms with Gasteiger partial charge in [0.15, 0.2) is 0 Å². The third-order valence-corrected chi connectivity index (χ3v) is 4.64. The normalized spacial score (nSPS) is 15.2. The van der Waals surface area contributed by atoms with Gasteiger partial charge in [0.25, 0.3) is 5.91 Å². The van der Waals surface area contributed by atoms with Crippen molar-refractivity contribution in [2.75, 3.05) is 13.1 Å². The maximum atomic E-state index is 12.9. The van der Waals surface area contributed by atoms with E-state index in [4.69, 9.17) is 4.74 Å². The standard InChI is InChI=1S/C20H20N4O2/c1-14-21-11-7-18(23-14)26-16-8-12-24(13-9-16)20(25)19-17-5-3-2-4-15(17)6-10-22-19/h2-7,10-11,16H,8-9,12-13H2,1H3. The summed E-state index contributed by atoms with van der Waals surface area (Å²) in [6, 6.07) is 11.5. The first-order valence-corrected chi connectivity index (χ1v) is 8.80. The molecule has 1 saturated heterocycles. The number of carbonyl (C=O) groups is 1. The molecule has 1 fully saturated rings. The number of aryl methyl sites for hydroxylation is 1. The van der Waals surface area contributed by atoms with Gasteiger partial charge in [-0.15, -0.1) is 0 Å². The average molecular weight is 348 g/mol. The lowest BCUT2D eigenvalue weighted by Crippen LogP contribution is -2.42. The molecule has 0 aliphatic carbocycles. The highest BCUT2D eigenvalue weighted by Crippen LogP contribution is 2.21. The van der Waals surface area contributed by atoms with Crippen LogP contribution in [0.3, 0.4) is 0 Å². The number of carbonyl (C=O) groups excluding carboxylic acids is 1. The second kappa shape index (κ2) is 7.07. The van der Waals surface area contributed by atoms with Gasteiger partial charge in [-0.1, -0.05) is 24.3 Å². The number of piperidine rings is 1.